The minimum atomic E-state index is -0.386. The van der Waals surface area contributed by atoms with Gasteiger partial charge in [0.15, 0.2) is 0 Å². The van der Waals surface area contributed by atoms with Crippen molar-refractivity contribution in [2.75, 3.05) is 0 Å². The third kappa shape index (κ3) is 4.19. The lowest BCUT2D eigenvalue weighted by Gasteiger charge is -2.15. The summed E-state index contributed by atoms with van der Waals surface area (Å²) >= 11 is 0. The summed E-state index contributed by atoms with van der Waals surface area (Å²) in [5.74, 6) is 0.222. The Balaban J connectivity index is 2.70. The highest BCUT2D eigenvalue weighted by Crippen LogP contribution is 2.37. The number of carbonyl (C=O) groups excluding carboxylic acids is 2. The highest BCUT2D eigenvalue weighted by molar-refractivity contribution is 5.97. The first-order valence-corrected chi connectivity index (χ1v) is 7.43. The molecule has 0 aliphatic heterocycles. The van der Waals surface area contributed by atoms with Crippen molar-refractivity contribution in [2.24, 2.45) is 0 Å². The van der Waals surface area contributed by atoms with Gasteiger partial charge in [0.05, 0.1) is 0 Å². The maximum atomic E-state index is 11.5. The SMILES string of the molecule is CC(=O)Oc1cc(CC=C(C)C)c(OC(C)=O)c2ccccc12. The second-order valence-electron chi connectivity index (χ2n) is 5.58. The zero-order valence-electron chi connectivity index (χ0n) is 13.8. The molecule has 0 saturated carbocycles. The molecule has 0 radical (unpaired) electrons. The summed E-state index contributed by atoms with van der Waals surface area (Å²) in [7, 11) is 0. The topological polar surface area (TPSA) is 52.6 Å². The first kappa shape index (κ1) is 16.7. The predicted octanol–water partition coefficient (Wildman–Crippen LogP) is 4.20. The van der Waals surface area contributed by atoms with Crippen LogP contribution in [-0.2, 0) is 16.0 Å². The standard InChI is InChI=1S/C19H20O4/c1-12(2)9-10-15-11-18(22-13(3)20)16-7-5-6-8-17(16)19(15)23-14(4)21/h5-9,11H,10H2,1-4H3. The molecule has 0 fully saturated rings. The van der Waals surface area contributed by atoms with Gasteiger partial charge in [-0.2, -0.15) is 0 Å². The average Bonchev–Trinajstić information content (AvgIpc) is 2.47. The van der Waals surface area contributed by atoms with Crippen molar-refractivity contribution in [2.45, 2.75) is 34.1 Å². The Morgan fingerprint density at radius 3 is 2.13 bits per heavy atom. The Morgan fingerprint density at radius 1 is 0.957 bits per heavy atom. The Labute approximate surface area is 135 Å². The van der Waals surface area contributed by atoms with Crippen molar-refractivity contribution in [1.29, 1.82) is 0 Å². The third-order valence-electron chi connectivity index (χ3n) is 3.26. The molecule has 0 amide bonds. The first-order valence-electron chi connectivity index (χ1n) is 7.43. The summed E-state index contributed by atoms with van der Waals surface area (Å²) in [5, 5.41) is 1.48. The molecule has 2 rings (SSSR count). The molecular formula is C19H20O4. The van der Waals surface area contributed by atoms with Gasteiger partial charge in [0, 0.05) is 30.2 Å². The van der Waals surface area contributed by atoms with Gasteiger partial charge in [0.25, 0.3) is 0 Å². The van der Waals surface area contributed by atoms with E-state index in [0.29, 0.717) is 17.9 Å². The van der Waals surface area contributed by atoms with Gasteiger partial charge >= 0.3 is 11.9 Å². The van der Waals surface area contributed by atoms with E-state index >= 15 is 0 Å². The van der Waals surface area contributed by atoms with Crippen LogP contribution >= 0.6 is 0 Å². The first-order chi connectivity index (χ1) is 10.9. The predicted molar refractivity (Wildman–Crippen MR) is 89.7 cm³/mol. The van der Waals surface area contributed by atoms with Crippen LogP contribution in [0.25, 0.3) is 10.8 Å². The molecule has 4 nitrogen and oxygen atoms in total. The summed E-state index contributed by atoms with van der Waals surface area (Å²) in [6, 6.07) is 9.17. The van der Waals surface area contributed by atoms with E-state index in [2.05, 4.69) is 0 Å². The van der Waals surface area contributed by atoms with Gasteiger partial charge in [-0.25, -0.2) is 0 Å². The van der Waals surface area contributed by atoms with Gasteiger partial charge in [-0.1, -0.05) is 35.9 Å². The Bertz CT molecular complexity index is 783. The number of ether oxygens (including phenoxy) is 2. The zero-order valence-corrected chi connectivity index (χ0v) is 13.8. The van der Waals surface area contributed by atoms with Crippen molar-refractivity contribution < 1.29 is 19.1 Å². The number of benzene rings is 2. The van der Waals surface area contributed by atoms with E-state index in [4.69, 9.17) is 9.47 Å². The van der Waals surface area contributed by atoms with Crippen LogP contribution in [-0.4, -0.2) is 11.9 Å². The molecular weight excluding hydrogens is 292 g/mol. The summed E-state index contributed by atoms with van der Waals surface area (Å²) in [5.41, 5.74) is 1.96. The van der Waals surface area contributed by atoms with E-state index in [1.165, 1.54) is 13.8 Å². The number of allylic oxidation sites excluding steroid dienone is 2. The lowest BCUT2D eigenvalue weighted by Crippen LogP contribution is -2.07. The summed E-state index contributed by atoms with van der Waals surface area (Å²) in [6.07, 6.45) is 2.62. The summed E-state index contributed by atoms with van der Waals surface area (Å²) in [4.78, 5) is 22.9. The van der Waals surface area contributed by atoms with Gasteiger partial charge in [-0.05, 0) is 26.3 Å². The quantitative estimate of drug-likeness (QED) is 0.482. The van der Waals surface area contributed by atoms with Crippen LogP contribution in [0.3, 0.4) is 0 Å². The Hall–Kier alpha value is -2.62. The van der Waals surface area contributed by atoms with Gasteiger partial charge in [0.2, 0.25) is 0 Å². The second kappa shape index (κ2) is 7.09. The smallest absolute Gasteiger partial charge is 0.308 e. The van der Waals surface area contributed by atoms with E-state index < -0.39 is 0 Å². The average molecular weight is 312 g/mol. The van der Waals surface area contributed by atoms with E-state index in [1.54, 1.807) is 6.07 Å². The van der Waals surface area contributed by atoms with Crippen molar-refractivity contribution in [3.05, 3.63) is 47.5 Å². The van der Waals surface area contributed by atoms with Crippen LogP contribution in [0.2, 0.25) is 0 Å². The summed E-state index contributed by atoms with van der Waals surface area (Å²) in [6.45, 7) is 6.74. The highest BCUT2D eigenvalue weighted by atomic mass is 16.5. The molecule has 2 aromatic carbocycles. The van der Waals surface area contributed by atoms with Crippen molar-refractivity contribution >= 4 is 22.7 Å². The van der Waals surface area contributed by atoms with Crippen molar-refractivity contribution in [1.82, 2.24) is 0 Å². The van der Waals surface area contributed by atoms with Gasteiger partial charge in [-0.15, -0.1) is 0 Å². The maximum Gasteiger partial charge on any atom is 0.308 e. The largest absolute Gasteiger partial charge is 0.426 e. The minimum Gasteiger partial charge on any atom is -0.426 e. The number of hydrogen-bond acceptors (Lipinski definition) is 4. The molecule has 0 unspecified atom stereocenters. The molecule has 23 heavy (non-hydrogen) atoms. The maximum absolute atomic E-state index is 11.5. The lowest BCUT2D eigenvalue weighted by atomic mass is 10.0. The molecule has 0 aromatic heterocycles. The molecule has 0 N–H and O–H groups in total. The molecule has 120 valence electrons. The molecule has 0 heterocycles. The normalized spacial score (nSPS) is 10.3. The van der Waals surface area contributed by atoms with Crippen molar-refractivity contribution in [3.63, 3.8) is 0 Å². The van der Waals surface area contributed by atoms with E-state index in [0.717, 1.165) is 21.9 Å². The van der Waals surface area contributed by atoms with Crippen LogP contribution in [0, 0.1) is 0 Å². The molecule has 0 aliphatic carbocycles. The number of carbonyl (C=O) groups is 2. The number of hydrogen-bond donors (Lipinski definition) is 0. The monoisotopic (exact) mass is 312 g/mol. The van der Waals surface area contributed by atoms with Crippen LogP contribution < -0.4 is 9.47 Å². The van der Waals surface area contributed by atoms with Gasteiger partial charge < -0.3 is 9.47 Å². The van der Waals surface area contributed by atoms with Crippen molar-refractivity contribution in [3.8, 4) is 11.5 Å². The zero-order chi connectivity index (χ0) is 17.0. The number of fused-ring (bicyclic) bond motifs is 1. The number of rotatable bonds is 4. The highest BCUT2D eigenvalue weighted by Gasteiger charge is 2.16. The minimum absolute atomic E-state index is 0.381. The molecule has 0 saturated heterocycles. The molecule has 0 atom stereocenters. The molecule has 2 aromatic rings. The van der Waals surface area contributed by atoms with E-state index in [1.807, 2.05) is 44.2 Å². The molecule has 0 bridgehead atoms. The van der Waals surface area contributed by atoms with Crippen LogP contribution in [0.4, 0.5) is 0 Å². The summed E-state index contributed by atoms with van der Waals surface area (Å²) < 4.78 is 10.8. The molecule has 0 aliphatic rings. The number of esters is 2. The van der Waals surface area contributed by atoms with Gasteiger partial charge in [-0.3, -0.25) is 9.59 Å². The van der Waals surface area contributed by atoms with Gasteiger partial charge in [0.1, 0.15) is 11.5 Å². The van der Waals surface area contributed by atoms with E-state index in [-0.39, 0.29) is 11.9 Å². The fourth-order valence-electron chi connectivity index (χ4n) is 2.34. The Kier molecular flexibility index (Phi) is 5.16. The van der Waals surface area contributed by atoms with Crippen LogP contribution in [0.5, 0.6) is 11.5 Å². The van der Waals surface area contributed by atoms with Crippen LogP contribution in [0.15, 0.2) is 42.0 Å². The van der Waals surface area contributed by atoms with Crippen LogP contribution in [0.1, 0.15) is 33.3 Å². The lowest BCUT2D eigenvalue weighted by molar-refractivity contribution is -0.133. The van der Waals surface area contributed by atoms with E-state index in [9.17, 15) is 9.59 Å². The fourth-order valence-corrected chi connectivity index (χ4v) is 2.34. The fraction of sp³-hybridized carbons (Fsp3) is 0.263. The molecule has 4 heteroatoms. The second-order valence-corrected chi connectivity index (χ2v) is 5.58. The third-order valence-corrected chi connectivity index (χ3v) is 3.26. The Morgan fingerprint density at radius 2 is 1.57 bits per heavy atom. The molecule has 0 spiro atoms.